The Hall–Kier alpha value is -1.81. The molecule has 0 fully saturated rings. The van der Waals surface area contributed by atoms with Crippen molar-refractivity contribution in [3.8, 4) is 0 Å². The molecule has 0 aliphatic heterocycles. The van der Waals surface area contributed by atoms with Crippen LogP contribution >= 0.6 is 11.3 Å². The van der Waals surface area contributed by atoms with Gasteiger partial charge in [0, 0.05) is 21.0 Å². The number of nitrogen functional groups attached to an aromatic ring is 1. The molecule has 3 N–H and O–H groups in total. The number of benzene rings is 1. The van der Waals surface area contributed by atoms with Crippen molar-refractivity contribution in [2.75, 3.05) is 5.73 Å². The first kappa shape index (κ1) is 13.6. The summed E-state index contributed by atoms with van der Waals surface area (Å²) in [6.45, 7) is 5.92. The van der Waals surface area contributed by atoms with Crippen LogP contribution < -0.4 is 11.1 Å². The molecule has 1 heterocycles. The first-order valence-corrected chi connectivity index (χ1v) is 7.03. The molecule has 0 aliphatic rings. The summed E-state index contributed by atoms with van der Waals surface area (Å²) in [6, 6.07) is 9.53. The number of thiophene rings is 1. The molecule has 0 saturated heterocycles. The second-order valence-corrected chi connectivity index (χ2v) is 5.98. The number of aryl methyl sites for hydroxylation is 1. The van der Waals surface area contributed by atoms with Crippen LogP contribution in [-0.2, 0) is 0 Å². The molecule has 0 bridgehead atoms. The summed E-state index contributed by atoms with van der Waals surface area (Å²) in [7, 11) is 0. The molecule has 100 valence electrons. The third kappa shape index (κ3) is 2.96. The van der Waals surface area contributed by atoms with E-state index in [1.807, 2.05) is 13.8 Å². The monoisotopic (exact) mass is 274 g/mol. The molecule has 0 spiro atoms. The molecular formula is C15H18N2OS. The number of carbonyl (C=O) groups is 1. The fourth-order valence-electron chi connectivity index (χ4n) is 1.93. The van der Waals surface area contributed by atoms with Gasteiger partial charge in [-0.15, -0.1) is 11.3 Å². The Balaban J connectivity index is 2.15. The normalized spacial score (nSPS) is 12.2. The number of amides is 1. The van der Waals surface area contributed by atoms with Gasteiger partial charge in [-0.1, -0.05) is 6.07 Å². The molecule has 0 saturated carbocycles. The summed E-state index contributed by atoms with van der Waals surface area (Å²) in [5, 5.41) is 3.01. The topological polar surface area (TPSA) is 55.1 Å². The molecule has 0 aliphatic carbocycles. The Bertz CT molecular complexity index is 604. The summed E-state index contributed by atoms with van der Waals surface area (Å²) in [5.74, 6) is -0.0802. The fourth-order valence-corrected chi connectivity index (χ4v) is 2.81. The highest BCUT2D eigenvalue weighted by molar-refractivity contribution is 7.12. The van der Waals surface area contributed by atoms with Crippen LogP contribution in [0.1, 0.15) is 38.6 Å². The van der Waals surface area contributed by atoms with Gasteiger partial charge in [-0.05, 0) is 50.6 Å². The van der Waals surface area contributed by atoms with Crippen LogP contribution in [0.15, 0.2) is 30.3 Å². The van der Waals surface area contributed by atoms with Crippen molar-refractivity contribution in [2.24, 2.45) is 0 Å². The lowest BCUT2D eigenvalue weighted by molar-refractivity contribution is 0.0940. The van der Waals surface area contributed by atoms with E-state index in [1.165, 1.54) is 4.88 Å². The van der Waals surface area contributed by atoms with Gasteiger partial charge in [0.1, 0.15) is 0 Å². The highest BCUT2D eigenvalue weighted by Gasteiger charge is 2.15. The zero-order valence-corrected chi connectivity index (χ0v) is 12.2. The highest BCUT2D eigenvalue weighted by atomic mass is 32.1. The number of hydrogen-bond donors (Lipinski definition) is 2. The van der Waals surface area contributed by atoms with Gasteiger partial charge >= 0.3 is 0 Å². The quantitative estimate of drug-likeness (QED) is 0.842. The number of hydrogen-bond acceptors (Lipinski definition) is 3. The van der Waals surface area contributed by atoms with Crippen LogP contribution in [-0.4, -0.2) is 5.91 Å². The minimum Gasteiger partial charge on any atom is -0.398 e. The summed E-state index contributed by atoms with van der Waals surface area (Å²) in [4.78, 5) is 14.7. The predicted molar refractivity (Wildman–Crippen MR) is 80.5 cm³/mol. The Labute approximate surface area is 117 Å². The standard InChI is InChI=1S/C15H18N2OS/c1-9-7-8-14(19-9)11(3)17-15(18)12-5-4-6-13(16)10(12)2/h4-8,11H,16H2,1-3H3,(H,17,18). The van der Waals surface area contributed by atoms with E-state index < -0.39 is 0 Å². The molecule has 19 heavy (non-hydrogen) atoms. The third-order valence-corrected chi connectivity index (χ3v) is 4.34. The number of anilines is 1. The van der Waals surface area contributed by atoms with Crippen molar-refractivity contribution in [3.05, 3.63) is 51.2 Å². The lowest BCUT2D eigenvalue weighted by Crippen LogP contribution is -2.26. The smallest absolute Gasteiger partial charge is 0.252 e. The predicted octanol–water partition coefficient (Wildman–Crippen LogP) is 3.44. The van der Waals surface area contributed by atoms with Crippen molar-refractivity contribution in [2.45, 2.75) is 26.8 Å². The fraction of sp³-hybridized carbons (Fsp3) is 0.267. The van der Waals surface area contributed by atoms with E-state index in [0.717, 1.165) is 10.4 Å². The van der Waals surface area contributed by atoms with Crippen molar-refractivity contribution in [3.63, 3.8) is 0 Å². The zero-order chi connectivity index (χ0) is 14.0. The Morgan fingerprint density at radius 3 is 2.63 bits per heavy atom. The van der Waals surface area contributed by atoms with Crippen molar-refractivity contribution >= 4 is 22.9 Å². The zero-order valence-electron chi connectivity index (χ0n) is 11.4. The van der Waals surface area contributed by atoms with Gasteiger partial charge in [-0.3, -0.25) is 4.79 Å². The van der Waals surface area contributed by atoms with Crippen LogP contribution in [0.3, 0.4) is 0 Å². The van der Waals surface area contributed by atoms with Gasteiger partial charge in [-0.25, -0.2) is 0 Å². The number of nitrogens with one attached hydrogen (secondary N) is 1. The van der Waals surface area contributed by atoms with Gasteiger partial charge in [0.2, 0.25) is 0 Å². The summed E-state index contributed by atoms with van der Waals surface area (Å²) in [5.41, 5.74) is 7.94. The molecule has 2 aromatic rings. The van der Waals surface area contributed by atoms with E-state index in [4.69, 9.17) is 5.73 Å². The molecule has 1 amide bonds. The summed E-state index contributed by atoms with van der Waals surface area (Å²) in [6.07, 6.45) is 0. The van der Waals surface area contributed by atoms with Crippen LogP contribution in [0.4, 0.5) is 5.69 Å². The second-order valence-electron chi connectivity index (χ2n) is 4.66. The number of rotatable bonds is 3. The molecule has 1 aromatic heterocycles. The molecule has 1 atom stereocenters. The maximum atomic E-state index is 12.2. The average molecular weight is 274 g/mol. The molecular weight excluding hydrogens is 256 g/mol. The highest BCUT2D eigenvalue weighted by Crippen LogP contribution is 2.23. The first-order chi connectivity index (χ1) is 8.99. The van der Waals surface area contributed by atoms with Gasteiger partial charge in [-0.2, -0.15) is 0 Å². The maximum Gasteiger partial charge on any atom is 0.252 e. The van der Waals surface area contributed by atoms with E-state index >= 15 is 0 Å². The van der Waals surface area contributed by atoms with E-state index in [2.05, 4.69) is 24.4 Å². The largest absolute Gasteiger partial charge is 0.398 e. The Morgan fingerprint density at radius 2 is 2.00 bits per heavy atom. The van der Waals surface area contributed by atoms with Crippen molar-refractivity contribution in [1.82, 2.24) is 5.32 Å². The van der Waals surface area contributed by atoms with E-state index in [-0.39, 0.29) is 11.9 Å². The minimum atomic E-state index is -0.0802. The van der Waals surface area contributed by atoms with Gasteiger partial charge in [0.25, 0.3) is 5.91 Å². The molecule has 3 nitrogen and oxygen atoms in total. The molecule has 2 rings (SSSR count). The van der Waals surface area contributed by atoms with Crippen LogP contribution in [0.2, 0.25) is 0 Å². The van der Waals surface area contributed by atoms with Gasteiger partial charge < -0.3 is 11.1 Å². The molecule has 1 unspecified atom stereocenters. The maximum absolute atomic E-state index is 12.2. The summed E-state index contributed by atoms with van der Waals surface area (Å²) >= 11 is 1.70. The van der Waals surface area contributed by atoms with Crippen LogP contribution in [0, 0.1) is 13.8 Å². The van der Waals surface area contributed by atoms with Crippen LogP contribution in [0.5, 0.6) is 0 Å². The van der Waals surface area contributed by atoms with Crippen molar-refractivity contribution < 1.29 is 4.79 Å². The first-order valence-electron chi connectivity index (χ1n) is 6.21. The third-order valence-electron chi connectivity index (χ3n) is 3.16. The van der Waals surface area contributed by atoms with E-state index in [1.54, 1.807) is 29.5 Å². The average Bonchev–Trinajstić information content (AvgIpc) is 2.79. The van der Waals surface area contributed by atoms with Gasteiger partial charge in [0.05, 0.1) is 6.04 Å². The van der Waals surface area contributed by atoms with E-state index in [0.29, 0.717) is 11.3 Å². The molecule has 1 aromatic carbocycles. The minimum absolute atomic E-state index is 0.00651. The second kappa shape index (κ2) is 5.45. The number of nitrogens with two attached hydrogens (primary N) is 1. The van der Waals surface area contributed by atoms with Crippen molar-refractivity contribution in [1.29, 1.82) is 0 Å². The lowest BCUT2D eigenvalue weighted by atomic mass is 10.1. The summed E-state index contributed by atoms with van der Waals surface area (Å²) < 4.78 is 0. The lowest BCUT2D eigenvalue weighted by Gasteiger charge is -2.14. The molecule has 4 heteroatoms. The SMILES string of the molecule is Cc1ccc(C(C)NC(=O)c2cccc(N)c2C)s1. The Kier molecular flexibility index (Phi) is 3.90. The van der Waals surface area contributed by atoms with Crippen LogP contribution in [0.25, 0.3) is 0 Å². The van der Waals surface area contributed by atoms with Gasteiger partial charge in [0.15, 0.2) is 0 Å². The Morgan fingerprint density at radius 1 is 1.26 bits per heavy atom. The molecule has 0 radical (unpaired) electrons. The number of carbonyl (C=O) groups excluding carboxylic acids is 1. The van der Waals surface area contributed by atoms with E-state index in [9.17, 15) is 4.79 Å².